The van der Waals surface area contributed by atoms with E-state index in [1.165, 1.54) is 10.8 Å². The van der Waals surface area contributed by atoms with Gasteiger partial charge in [-0.15, -0.1) is 0 Å². The molecule has 0 spiro atoms. The van der Waals surface area contributed by atoms with Crippen molar-refractivity contribution in [2.45, 2.75) is 6.92 Å². The van der Waals surface area contributed by atoms with Crippen LogP contribution in [0.25, 0.3) is 10.8 Å². The molecule has 1 aromatic carbocycles. The lowest BCUT2D eigenvalue weighted by Gasteiger charge is -1.93. The summed E-state index contributed by atoms with van der Waals surface area (Å²) in [4.78, 5) is 16.5. The molecule has 0 aliphatic rings. The normalized spacial score (nSPS) is 6.43. The summed E-state index contributed by atoms with van der Waals surface area (Å²) < 4.78 is 0. The van der Waals surface area contributed by atoms with Crippen LogP contribution in [0, 0.1) is 6.92 Å². The monoisotopic (exact) mass is 203 g/mol. The lowest BCUT2D eigenvalue weighted by Crippen LogP contribution is -2.04. The summed E-state index contributed by atoms with van der Waals surface area (Å²) in [7, 11) is 3.44. The molecular formula is C9H7N2O2Si-2. The highest BCUT2D eigenvalue weighted by Crippen LogP contribution is 1.88. The number of isocyanates is 2. The minimum absolute atomic E-state index is 0.500. The summed E-state index contributed by atoms with van der Waals surface area (Å²) in [5.74, 6) is 0. The Morgan fingerprint density at radius 1 is 1.14 bits per heavy atom. The average molecular weight is 203 g/mol. The average Bonchev–Trinajstić information content (AvgIpc) is 2.13. The Morgan fingerprint density at radius 3 is 1.71 bits per heavy atom. The van der Waals surface area contributed by atoms with E-state index in [4.69, 9.17) is 20.4 Å². The molecule has 0 fully saturated rings. The molecule has 0 N–H and O–H groups in total. The second-order valence-corrected chi connectivity index (χ2v) is 2.54. The minimum atomic E-state index is 0.500. The van der Waals surface area contributed by atoms with Crippen molar-refractivity contribution in [3.63, 3.8) is 0 Å². The molecule has 4 nitrogen and oxygen atoms in total. The Hall–Kier alpha value is -1.80. The molecule has 0 aliphatic heterocycles. The van der Waals surface area contributed by atoms with Crippen molar-refractivity contribution in [2.24, 2.45) is 0 Å². The molecule has 0 heterocycles. The first-order chi connectivity index (χ1) is 6.63. The van der Waals surface area contributed by atoms with E-state index in [1.807, 2.05) is 18.2 Å². The molecule has 3 radical (unpaired) electrons. The van der Waals surface area contributed by atoms with E-state index in [0.717, 1.165) is 0 Å². The van der Waals surface area contributed by atoms with Crippen molar-refractivity contribution in [3.8, 4) is 0 Å². The molecule has 0 atom stereocenters. The predicted octanol–water partition coefficient (Wildman–Crippen LogP) is 0.572. The van der Waals surface area contributed by atoms with Gasteiger partial charge in [0.2, 0.25) is 0 Å². The molecule has 5 heteroatoms. The maximum Gasteiger partial charge on any atom is 0.0715 e. The van der Waals surface area contributed by atoms with Crippen LogP contribution in [0.1, 0.15) is 5.56 Å². The van der Waals surface area contributed by atoms with Crippen molar-refractivity contribution in [3.05, 3.63) is 40.6 Å². The molecular weight excluding hydrogens is 196 g/mol. The molecule has 14 heavy (non-hydrogen) atoms. The van der Waals surface area contributed by atoms with Gasteiger partial charge in [-0.05, 0) is 19.1 Å². The van der Waals surface area contributed by atoms with E-state index < -0.39 is 0 Å². The van der Waals surface area contributed by atoms with Gasteiger partial charge < -0.3 is 10.8 Å². The fraction of sp³-hybridized carbons (Fsp3) is 0.111. The van der Waals surface area contributed by atoms with Gasteiger partial charge in [0.15, 0.2) is 0 Å². The third-order valence-corrected chi connectivity index (χ3v) is 1.71. The fourth-order valence-electron chi connectivity index (χ4n) is 0.573. The van der Waals surface area contributed by atoms with E-state index in [-0.39, 0.29) is 0 Å². The number of rotatable bonds is 0. The molecule has 0 amide bonds. The Labute approximate surface area is 85.4 Å². The number of aryl methyl sites for hydroxylation is 1. The molecule has 71 valence electrons. The van der Waals surface area contributed by atoms with Crippen LogP contribution in [0.3, 0.4) is 0 Å². The van der Waals surface area contributed by atoms with E-state index >= 15 is 0 Å². The van der Waals surface area contributed by atoms with Crippen molar-refractivity contribution in [1.82, 2.24) is 0 Å². The van der Waals surface area contributed by atoms with Crippen molar-refractivity contribution in [2.75, 3.05) is 0 Å². The second-order valence-electron chi connectivity index (χ2n) is 2.00. The van der Waals surface area contributed by atoms with Gasteiger partial charge >= 0.3 is 0 Å². The summed E-state index contributed by atoms with van der Waals surface area (Å²) in [5.41, 5.74) is 1.28. The number of hydrogen-bond acceptors (Lipinski definition) is 2. The van der Waals surface area contributed by atoms with E-state index in [0.29, 0.717) is 12.2 Å². The lowest BCUT2D eigenvalue weighted by atomic mass is 10.2. The van der Waals surface area contributed by atoms with E-state index in [1.54, 1.807) is 0 Å². The summed E-state index contributed by atoms with van der Waals surface area (Å²) in [6.07, 6.45) is 1.00. The Balaban J connectivity index is 0. The van der Waals surface area contributed by atoms with Crippen LogP contribution < -0.4 is 5.19 Å². The SMILES string of the molecule is Cc1ccccc1[Si].[N-]=C=O.[N-]=C=O. The van der Waals surface area contributed by atoms with Gasteiger partial charge in [0.05, 0.1) is 10.2 Å². The molecule has 1 aromatic rings. The summed E-state index contributed by atoms with van der Waals surface area (Å²) in [6.45, 7) is 2.07. The van der Waals surface area contributed by atoms with Gasteiger partial charge in [0.1, 0.15) is 0 Å². The maximum absolute atomic E-state index is 8.24. The molecule has 0 unspecified atom stereocenters. The molecule has 0 aromatic heterocycles. The van der Waals surface area contributed by atoms with Gasteiger partial charge in [-0.1, -0.05) is 35.0 Å². The number of benzene rings is 1. The number of hydrogen-bond donors (Lipinski definition) is 0. The molecule has 0 aliphatic carbocycles. The first-order valence-electron chi connectivity index (χ1n) is 3.43. The highest BCUT2D eigenvalue weighted by atomic mass is 28.1. The maximum atomic E-state index is 8.24. The lowest BCUT2D eigenvalue weighted by molar-refractivity contribution is 0.568. The van der Waals surface area contributed by atoms with Gasteiger partial charge in [0, 0.05) is 0 Å². The summed E-state index contributed by atoms with van der Waals surface area (Å²) in [5, 5.41) is 14.7. The van der Waals surface area contributed by atoms with Crippen molar-refractivity contribution in [1.29, 1.82) is 0 Å². The second kappa shape index (κ2) is 11.2. The molecule has 0 saturated carbocycles. The molecule has 1 rings (SSSR count). The quantitative estimate of drug-likeness (QED) is 0.351. The first kappa shape index (κ1) is 14.7. The highest BCUT2D eigenvalue weighted by molar-refractivity contribution is 6.33. The van der Waals surface area contributed by atoms with Gasteiger partial charge in [0.25, 0.3) is 0 Å². The zero-order valence-corrected chi connectivity index (χ0v) is 8.52. The van der Waals surface area contributed by atoms with Crippen LogP contribution in [0.5, 0.6) is 0 Å². The Morgan fingerprint density at radius 2 is 1.50 bits per heavy atom. The summed E-state index contributed by atoms with van der Waals surface area (Å²) >= 11 is 0. The number of carbonyl (C=O) groups excluding carboxylic acids is 2. The smallest absolute Gasteiger partial charge is 0.0715 e. The Kier molecular flexibility index (Phi) is 11.8. The fourth-order valence-corrected chi connectivity index (χ4v) is 0.752. The van der Waals surface area contributed by atoms with E-state index in [9.17, 15) is 0 Å². The standard InChI is InChI=1S/C7H7Si.2CNO/c1-6-4-2-3-5-7(6)8;2*2-1-3/h2-5H,1H3;;/q;2*-1. The highest BCUT2D eigenvalue weighted by Gasteiger charge is 1.84. The largest absolute Gasteiger partial charge is 0.724 e. The molecule has 0 saturated heterocycles. The first-order valence-corrected chi connectivity index (χ1v) is 3.93. The van der Waals surface area contributed by atoms with Crippen LogP contribution in [0.2, 0.25) is 0 Å². The minimum Gasteiger partial charge on any atom is -0.724 e. The number of nitrogens with zero attached hydrogens (tertiary/aromatic N) is 2. The topological polar surface area (TPSA) is 78.7 Å². The van der Waals surface area contributed by atoms with Gasteiger partial charge in [-0.3, -0.25) is 9.59 Å². The predicted molar refractivity (Wildman–Crippen MR) is 54.7 cm³/mol. The summed E-state index contributed by atoms with van der Waals surface area (Å²) in [6, 6.07) is 8.14. The van der Waals surface area contributed by atoms with Crippen molar-refractivity contribution >= 4 is 27.6 Å². The third kappa shape index (κ3) is 10.2. The van der Waals surface area contributed by atoms with E-state index in [2.05, 4.69) is 23.2 Å². The van der Waals surface area contributed by atoms with Crippen LogP contribution >= 0.6 is 0 Å². The van der Waals surface area contributed by atoms with Crippen LogP contribution in [0.15, 0.2) is 24.3 Å². The van der Waals surface area contributed by atoms with Crippen LogP contribution in [0.4, 0.5) is 0 Å². The third-order valence-electron chi connectivity index (χ3n) is 1.15. The molecule has 0 bridgehead atoms. The van der Waals surface area contributed by atoms with Crippen LogP contribution in [-0.2, 0) is 9.59 Å². The van der Waals surface area contributed by atoms with Gasteiger partial charge in [-0.2, -0.15) is 0 Å². The Bertz CT molecular complexity index is 294. The van der Waals surface area contributed by atoms with Gasteiger partial charge in [-0.25, -0.2) is 0 Å². The zero-order valence-electron chi connectivity index (χ0n) is 7.52. The zero-order chi connectivity index (χ0) is 11.4. The van der Waals surface area contributed by atoms with Crippen LogP contribution in [-0.4, -0.2) is 22.4 Å². The van der Waals surface area contributed by atoms with Crippen molar-refractivity contribution < 1.29 is 9.59 Å².